The molecular formula is C12H17N. The van der Waals surface area contributed by atoms with Gasteiger partial charge >= 0.3 is 0 Å². The summed E-state index contributed by atoms with van der Waals surface area (Å²) in [7, 11) is 1.78. The van der Waals surface area contributed by atoms with E-state index in [1.54, 1.807) is 7.05 Å². The molecule has 0 saturated carbocycles. The van der Waals surface area contributed by atoms with Gasteiger partial charge in [0.05, 0.1) is 5.71 Å². The Hall–Kier alpha value is -1.37. The molecular weight excluding hydrogens is 158 g/mol. The van der Waals surface area contributed by atoms with Crippen molar-refractivity contribution in [3.63, 3.8) is 0 Å². The Morgan fingerprint density at radius 1 is 1.23 bits per heavy atom. The molecule has 0 atom stereocenters. The van der Waals surface area contributed by atoms with Gasteiger partial charge in [-0.05, 0) is 25.5 Å². The van der Waals surface area contributed by atoms with E-state index in [4.69, 9.17) is 0 Å². The fourth-order valence-electron chi connectivity index (χ4n) is 0.916. The fourth-order valence-corrected chi connectivity index (χ4v) is 0.916. The molecule has 0 unspecified atom stereocenters. The molecule has 0 aromatic carbocycles. The molecule has 1 heteroatoms. The van der Waals surface area contributed by atoms with E-state index in [0.29, 0.717) is 0 Å². The Morgan fingerprint density at radius 3 is 2.31 bits per heavy atom. The Bertz CT molecular complexity index is 265. The first-order valence-electron chi connectivity index (χ1n) is 4.35. The molecule has 13 heavy (non-hydrogen) atoms. The van der Waals surface area contributed by atoms with Crippen molar-refractivity contribution in [2.24, 2.45) is 4.99 Å². The summed E-state index contributed by atoms with van der Waals surface area (Å²) >= 11 is 0. The summed E-state index contributed by atoms with van der Waals surface area (Å²) in [6.07, 6.45) is 11.7. The van der Waals surface area contributed by atoms with Gasteiger partial charge in [0.15, 0.2) is 0 Å². The Kier molecular flexibility index (Phi) is 6.52. The summed E-state index contributed by atoms with van der Waals surface area (Å²) in [6.45, 7) is 7.70. The Labute approximate surface area is 80.9 Å². The second-order valence-electron chi connectivity index (χ2n) is 2.46. The molecule has 1 nitrogen and oxygen atoms in total. The van der Waals surface area contributed by atoms with E-state index in [2.05, 4.69) is 11.6 Å². The lowest BCUT2D eigenvalue weighted by Gasteiger charge is -1.99. The van der Waals surface area contributed by atoms with Crippen LogP contribution >= 0.6 is 0 Å². The van der Waals surface area contributed by atoms with Crippen LogP contribution in [0.5, 0.6) is 0 Å². The quantitative estimate of drug-likeness (QED) is 0.459. The smallest absolute Gasteiger partial charge is 0.0639 e. The Balaban J connectivity index is 4.84. The summed E-state index contributed by atoms with van der Waals surface area (Å²) in [5, 5.41) is 0. The first-order valence-corrected chi connectivity index (χ1v) is 4.35. The second-order valence-corrected chi connectivity index (χ2v) is 2.46. The van der Waals surface area contributed by atoms with Gasteiger partial charge in [0.1, 0.15) is 0 Å². The van der Waals surface area contributed by atoms with Crippen LogP contribution in [0.4, 0.5) is 0 Å². The molecule has 0 fully saturated rings. The average Bonchev–Trinajstić information content (AvgIpc) is 2.17. The van der Waals surface area contributed by atoms with Crippen LogP contribution in [0.1, 0.15) is 13.8 Å². The van der Waals surface area contributed by atoms with Gasteiger partial charge in [-0.15, -0.1) is 0 Å². The zero-order valence-corrected chi connectivity index (χ0v) is 8.62. The van der Waals surface area contributed by atoms with Crippen molar-refractivity contribution in [2.45, 2.75) is 13.8 Å². The zero-order valence-electron chi connectivity index (χ0n) is 8.62. The molecule has 0 aromatic heterocycles. The van der Waals surface area contributed by atoms with Gasteiger partial charge in [-0.25, -0.2) is 0 Å². The summed E-state index contributed by atoms with van der Waals surface area (Å²) < 4.78 is 0. The summed E-state index contributed by atoms with van der Waals surface area (Å²) in [4.78, 5) is 4.16. The molecule has 0 amide bonds. The highest BCUT2D eigenvalue weighted by Crippen LogP contribution is 2.02. The maximum absolute atomic E-state index is 4.16. The van der Waals surface area contributed by atoms with E-state index < -0.39 is 0 Å². The lowest BCUT2D eigenvalue weighted by molar-refractivity contribution is 1.43. The topological polar surface area (TPSA) is 12.4 Å². The standard InChI is InChI=1S/C12H17N/c1-5-8-10-11(7-3)12(13-4)9-6-2/h5-10H,3H2,1-2,4H3/b8-5+,9-6-,11-10-,13-12?. The number of rotatable bonds is 4. The minimum atomic E-state index is 0.954. The molecule has 0 aliphatic rings. The van der Waals surface area contributed by atoms with Gasteiger partial charge in [-0.1, -0.05) is 37.0 Å². The molecule has 0 spiro atoms. The number of allylic oxidation sites excluding steroid dienone is 7. The molecule has 0 bridgehead atoms. The van der Waals surface area contributed by atoms with Crippen molar-refractivity contribution in [2.75, 3.05) is 7.05 Å². The van der Waals surface area contributed by atoms with Crippen molar-refractivity contribution >= 4 is 5.71 Å². The van der Waals surface area contributed by atoms with Crippen LogP contribution in [-0.2, 0) is 0 Å². The van der Waals surface area contributed by atoms with E-state index in [1.165, 1.54) is 0 Å². The van der Waals surface area contributed by atoms with E-state index in [0.717, 1.165) is 11.3 Å². The third kappa shape index (κ3) is 4.26. The predicted molar refractivity (Wildman–Crippen MR) is 61.3 cm³/mol. The summed E-state index contributed by atoms with van der Waals surface area (Å²) in [5.41, 5.74) is 1.99. The minimum Gasteiger partial charge on any atom is -0.288 e. The molecule has 0 aliphatic carbocycles. The predicted octanol–water partition coefficient (Wildman–Crippen LogP) is 3.32. The summed E-state index contributed by atoms with van der Waals surface area (Å²) in [6, 6.07) is 0. The minimum absolute atomic E-state index is 0.954. The number of nitrogens with zero attached hydrogens (tertiary/aromatic N) is 1. The second kappa shape index (κ2) is 7.29. The van der Waals surface area contributed by atoms with Crippen LogP contribution in [0.2, 0.25) is 0 Å². The van der Waals surface area contributed by atoms with Gasteiger partial charge in [0.2, 0.25) is 0 Å². The first kappa shape index (κ1) is 11.6. The fraction of sp³-hybridized carbons (Fsp3) is 0.250. The third-order valence-corrected chi connectivity index (χ3v) is 1.55. The molecule has 0 N–H and O–H groups in total. The normalized spacial score (nSPS) is 14.4. The van der Waals surface area contributed by atoms with Crippen LogP contribution in [0.25, 0.3) is 0 Å². The van der Waals surface area contributed by atoms with Crippen LogP contribution in [0.3, 0.4) is 0 Å². The van der Waals surface area contributed by atoms with Crippen LogP contribution in [-0.4, -0.2) is 12.8 Å². The van der Waals surface area contributed by atoms with E-state index in [1.807, 2.05) is 50.3 Å². The van der Waals surface area contributed by atoms with Crippen LogP contribution in [0, 0.1) is 0 Å². The molecule has 0 radical (unpaired) electrons. The van der Waals surface area contributed by atoms with Crippen molar-refractivity contribution < 1.29 is 0 Å². The molecule has 70 valence electrons. The van der Waals surface area contributed by atoms with Gasteiger partial charge in [-0.3, -0.25) is 4.99 Å². The highest BCUT2D eigenvalue weighted by atomic mass is 14.7. The largest absolute Gasteiger partial charge is 0.288 e. The van der Waals surface area contributed by atoms with E-state index >= 15 is 0 Å². The Morgan fingerprint density at radius 2 is 1.92 bits per heavy atom. The van der Waals surface area contributed by atoms with E-state index in [-0.39, 0.29) is 0 Å². The number of hydrogen-bond donors (Lipinski definition) is 0. The van der Waals surface area contributed by atoms with Gasteiger partial charge in [0.25, 0.3) is 0 Å². The van der Waals surface area contributed by atoms with Gasteiger partial charge in [0, 0.05) is 7.05 Å². The van der Waals surface area contributed by atoms with Crippen molar-refractivity contribution in [1.82, 2.24) is 0 Å². The maximum atomic E-state index is 4.16. The third-order valence-electron chi connectivity index (χ3n) is 1.55. The average molecular weight is 175 g/mol. The van der Waals surface area contributed by atoms with Crippen LogP contribution in [0.15, 0.2) is 53.6 Å². The SMILES string of the molecule is C=C/C(=C/C=C/C)C(/C=C\C)=NC. The maximum Gasteiger partial charge on any atom is 0.0639 e. The highest BCUT2D eigenvalue weighted by molar-refractivity contribution is 6.10. The molecule has 0 saturated heterocycles. The van der Waals surface area contributed by atoms with Crippen molar-refractivity contribution in [3.05, 3.63) is 48.6 Å². The van der Waals surface area contributed by atoms with Crippen LogP contribution < -0.4 is 0 Å². The molecule has 0 heterocycles. The highest BCUT2D eigenvalue weighted by Gasteiger charge is 1.95. The lowest BCUT2D eigenvalue weighted by Crippen LogP contribution is -1.95. The summed E-state index contributed by atoms with van der Waals surface area (Å²) in [5.74, 6) is 0. The molecule has 0 aromatic rings. The first-order chi connectivity index (χ1) is 6.29. The zero-order chi connectivity index (χ0) is 10.1. The molecule has 0 rings (SSSR count). The lowest BCUT2D eigenvalue weighted by atomic mass is 10.1. The van der Waals surface area contributed by atoms with Gasteiger partial charge < -0.3 is 0 Å². The number of aliphatic imine (C=N–C) groups is 1. The van der Waals surface area contributed by atoms with Gasteiger partial charge in [-0.2, -0.15) is 0 Å². The number of hydrogen-bond acceptors (Lipinski definition) is 1. The van der Waals surface area contributed by atoms with Crippen molar-refractivity contribution in [3.8, 4) is 0 Å². The monoisotopic (exact) mass is 175 g/mol. The van der Waals surface area contributed by atoms with E-state index in [9.17, 15) is 0 Å². The molecule has 0 aliphatic heterocycles. The van der Waals surface area contributed by atoms with Crippen molar-refractivity contribution in [1.29, 1.82) is 0 Å².